The van der Waals surface area contributed by atoms with E-state index in [0.717, 1.165) is 58.9 Å². The molecule has 0 spiro atoms. The Morgan fingerprint density at radius 2 is 2.07 bits per heavy atom. The third-order valence-corrected chi connectivity index (χ3v) is 8.91. The van der Waals surface area contributed by atoms with Crippen molar-refractivity contribution in [3.05, 3.63) is 22.3 Å². The van der Waals surface area contributed by atoms with Crippen LogP contribution < -0.4 is 10.1 Å². The standard InChI is InChI=1S/C22H33NO3S2/c1-14-15(2)21-17(9-11-22(3,4)26-21)18(20(14)25)13-23-19(24)8-6-5-7-16-10-12-27-28-16/h16,25H,5-13H2,1-4H3,(H,23,24). The SMILES string of the molecule is Cc1c(C)c2c(c(CNC(=O)CCCCC3CCSS3)c1O)CCC(C)(C)O2. The zero-order valence-corrected chi connectivity index (χ0v) is 19.2. The Labute approximate surface area is 177 Å². The largest absolute Gasteiger partial charge is 0.507 e. The Kier molecular flexibility index (Phi) is 7.13. The fourth-order valence-electron chi connectivity index (χ4n) is 3.92. The van der Waals surface area contributed by atoms with Crippen molar-refractivity contribution >= 4 is 27.5 Å². The van der Waals surface area contributed by atoms with Gasteiger partial charge in [-0.2, -0.15) is 0 Å². The molecule has 28 heavy (non-hydrogen) atoms. The van der Waals surface area contributed by atoms with Crippen molar-refractivity contribution in [2.24, 2.45) is 0 Å². The zero-order chi connectivity index (χ0) is 20.3. The van der Waals surface area contributed by atoms with Gasteiger partial charge in [-0.25, -0.2) is 0 Å². The molecule has 1 fully saturated rings. The number of fused-ring (bicyclic) bond motifs is 1. The lowest BCUT2D eigenvalue weighted by Crippen LogP contribution is -2.34. The van der Waals surface area contributed by atoms with E-state index >= 15 is 0 Å². The van der Waals surface area contributed by atoms with Crippen molar-refractivity contribution in [2.75, 3.05) is 5.75 Å². The van der Waals surface area contributed by atoms with Gasteiger partial charge in [-0.1, -0.05) is 28.0 Å². The van der Waals surface area contributed by atoms with E-state index in [4.69, 9.17) is 4.74 Å². The molecule has 2 heterocycles. The third kappa shape index (κ3) is 5.12. The van der Waals surface area contributed by atoms with Crippen LogP contribution in [0.4, 0.5) is 0 Å². The number of rotatable bonds is 7. The smallest absolute Gasteiger partial charge is 0.220 e. The number of unbranched alkanes of at least 4 members (excludes halogenated alkanes) is 1. The zero-order valence-electron chi connectivity index (χ0n) is 17.5. The van der Waals surface area contributed by atoms with Crippen LogP contribution in [0, 0.1) is 13.8 Å². The Bertz CT molecular complexity index is 727. The van der Waals surface area contributed by atoms with Crippen molar-refractivity contribution in [1.29, 1.82) is 0 Å². The van der Waals surface area contributed by atoms with Crippen molar-refractivity contribution in [3.63, 3.8) is 0 Å². The number of aromatic hydroxyl groups is 1. The van der Waals surface area contributed by atoms with Gasteiger partial charge in [-0.15, -0.1) is 0 Å². The van der Waals surface area contributed by atoms with E-state index in [2.05, 4.69) is 19.2 Å². The molecule has 3 rings (SSSR count). The first-order valence-electron chi connectivity index (χ1n) is 10.4. The van der Waals surface area contributed by atoms with E-state index in [0.29, 0.717) is 18.7 Å². The van der Waals surface area contributed by atoms with Gasteiger partial charge in [0, 0.05) is 35.1 Å². The summed E-state index contributed by atoms with van der Waals surface area (Å²) in [5.41, 5.74) is 3.51. The van der Waals surface area contributed by atoms with E-state index in [1.807, 2.05) is 35.4 Å². The van der Waals surface area contributed by atoms with Crippen LogP contribution in [-0.2, 0) is 17.8 Å². The first-order valence-corrected chi connectivity index (χ1v) is 12.7. The third-order valence-electron chi connectivity index (χ3n) is 5.91. The minimum atomic E-state index is -0.197. The van der Waals surface area contributed by atoms with Gasteiger partial charge >= 0.3 is 0 Å². The molecule has 1 atom stereocenters. The summed E-state index contributed by atoms with van der Waals surface area (Å²) in [6, 6.07) is 0. The average molecular weight is 424 g/mol. The molecule has 1 aromatic carbocycles. The first-order chi connectivity index (χ1) is 13.3. The van der Waals surface area contributed by atoms with Gasteiger partial charge in [0.25, 0.3) is 0 Å². The Hall–Kier alpha value is -1.01. The summed E-state index contributed by atoms with van der Waals surface area (Å²) in [5.74, 6) is 2.52. The summed E-state index contributed by atoms with van der Waals surface area (Å²) < 4.78 is 6.23. The lowest BCUT2D eigenvalue weighted by Gasteiger charge is -2.35. The van der Waals surface area contributed by atoms with Gasteiger partial charge in [0.1, 0.15) is 17.1 Å². The number of phenolic OH excluding ortho intramolecular Hbond substituents is 1. The van der Waals surface area contributed by atoms with Crippen molar-refractivity contribution < 1.29 is 14.6 Å². The highest BCUT2D eigenvalue weighted by molar-refractivity contribution is 8.77. The molecular formula is C22H33NO3S2. The molecule has 0 aliphatic carbocycles. The summed E-state index contributed by atoms with van der Waals surface area (Å²) in [7, 11) is 3.97. The predicted molar refractivity (Wildman–Crippen MR) is 119 cm³/mol. The number of amides is 1. The highest BCUT2D eigenvalue weighted by Gasteiger charge is 2.31. The summed E-state index contributed by atoms with van der Waals surface area (Å²) in [6.45, 7) is 8.48. The van der Waals surface area contributed by atoms with E-state index in [-0.39, 0.29) is 11.5 Å². The molecule has 2 aliphatic heterocycles. The van der Waals surface area contributed by atoms with Crippen LogP contribution in [0.15, 0.2) is 0 Å². The van der Waals surface area contributed by atoms with Gasteiger partial charge < -0.3 is 15.2 Å². The molecule has 1 saturated heterocycles. The molecule has 0 saturated carbocycles. The number of phenols is 1. The predicted octanol–water partition coefficient (Wildman–Crippen LogP) is 5.44. The second kappa shape index (κ2) is 9.21. The lowest BCUT2D eigenvalue weighted by atomic mass is 9.87. The summed E-state index contributed by atoms with van der Waals surface area (Å²) in [6.07, 6.45) is 6.88. The molecule has 156 valence electrons. The first kappa shape index (κ1) is 21.7. The molecule has 6 heteroatoms. The lowest BCUT2D eigenvalue weighted by molar-refractivity contribution is -0.121. The number of hydrogen-bond acceptors (Lipinski definition) is 5. The molecule has 1 amide bonds. The highest BCUT2D eigenvalue weighted by atomic mass is 33.1. The maximum Gasteiger partial charge on any atom is 0.220 e. The molecule has 1 unspecified atom stereocenters. The maximum atomic E-state index is 12.3. The fourth-order valence-corrected chi connectivity index (χ4v) is 6.95. The van der Waals surface area contributed by atoms with E-state index in [1.165, 1.54) is 18.6 Å². The van der Waals surface area contributed by atoms with E-state index < -0.39 is 0 Å². The number of carbonyl (C=O) groups is 1. The Balaban J connectivity index is 1.58. The van der Waals surface area contributed by atoms with Crippen LogP contribution in [0.2, 0.25) is 0 Å². The van der Waals surface area contributed by atoms with Gasteiger partial charge in [-0.3, -0.25) is 4.79 Å². The summed E-state index contributed by atoms with van der Waals surface area (Å²) in [5, 5.41) is 14.5. The van der Waals surface area contributed by atoms with Crippen LogP contribution in [0.25, 0.3) is 0 Å². The molecule has 4 nitrogen and oxygen atoms in total. The molecule has 2 aliphatic rings. The Morgan fingerprint density at radius 1 is 1.29 bits per heavy atom. The number of ether oxygens (including phenoxy) is 1. The number of benzene rings is 1. The summed E-state index contributed by atoms with van der Waals surface area (Å²) >= 11 is 0. The topological polar surface area (TPSA) is 58.6 Å². The average Bonchev–Trinajstić information content (AvgIpc) is 3.17. The van der Waals surface area contributed by atoms with Crippen LogP contribution >= 0.6 is 21.6 Å². The number of nitrogens with one attached hydrogen (secondary N) is 1. The molecular weight excluding hydrogens is 390 g/mol. The van der Waals surface area contributed by atoms with Gasteiger partial charge in [0.2, 0.25) is 5.91 Å². The van der Waals surface area contributed by atoms with Crippen LogP contribution in [0.5, 0.6) is 11.5 Å². The monoisotopic (exact) mass is 423 g/mol. The summed E-state index contributed by atoms with van der Waals surface area (Å²) in [4.78, 5) is 12.3. The molecule has 0 bridgehead atoms. The fraction of sp³-hybridized carbons (Fsp3) is 0.682. The quantitative estimate of drug-likeness (QED) is 0.451. The van der Waals surface area contributed by atoms with Crippen LogP contribution in [0.3, 0.4) is 0 Å². The number of carbonyl (C=O) groups excluding carboxylic acids is 1. The van der Waals surface area contributed by atoms with Crippen molar-refractivity contribution in [3.8, 4) is 11.5 Å². The normalized spacial score (nSPS) is 20.5. The minimum Gasteiger partial charge on any atom is -0.507 e. The maximum absolute atomic E-state index is 12.3. The second-order valence-electron chi connectivity index (χ2n) is 8.60. The van der Waals surface area contributed by atoms with Gasteiger partial charge in [0.05, 0.1) is 0 Å². The highest BCUT2D eigenvalue weighted by Crippen LogP contribution is 2.43. The molecule has 0 radical (unpaired) electrons. The molecule has 2 N–H and O–H groups in total. The van der Waals surface area contributed by atoms with Gasteiger partial charge in [0.15, 0.2) is 0 Å². The van der Waals surface area contributed by atoms with E-state index in [9.17, 15) is 9.90 Å². The molecule has 1 aromatic rings. The van der Waals surface area contributed by atoms with E-state index in [1.54, 1.807) is 0 Å². The van der Waals surface area contributed by atoms with Crippen molar-refractivity contribution in [1.82, 2.24) is 5.32 Å². The van der Waals surface area contributed by atoms with Crippen LogP contribution in [-0.4, -0.2) is 27.6 Å². The Morgan fingerprint density at radius 3 is 2.79 bits per heavy atom. The van der Waals surface area contributed by atoms with Crippen LogP contribution in [0.1, 0.15) is 74.6 Å². The van der Waals surface area contributed by atoms with Crippen molar-refractivity contribution in [2.45, 2.75) is 90.0 Å². The second-order valence-corrected chi connectivity index (χ2v) is 11.4. The minimum absolute atomic E-state index is 0.0666. The molecule has 0 aromatic heterocycles. The van der Waals surface area contributed by atoms with Gasteiger partial charge in [-0.05, 0) is 70.9 Å². The number of hydrogen-bond donors (Lipinski definition) is 2.